The van der Waals surface area contributed by atoms with Crippen molar-refractivity contribution in [3.05, 3.63) is 65.1 Å². The topological polar surface area (TPSA) is 118 Å². The van der Waals surface area contributed by atoms with Crippen molar-refractivity contribution in [1.29, 1.82) is 0 Å². The number of nitrogens with one attached hydrogen (secondary N) is 2. The van der Waals surface area contributed by atoms with Crippen LogP contribution in [0.4, 0.5) is 33.6 Å². The zero-order valence-corrected chi connectivity index (χ0v) is 19.1. The number of hydrogen-bond donors (Lipinski definition) is 2. The molecule has 10 nitrogen and oxygen atoms in total. The van der Waals surface area contributed by atoms with Crippen LogP contribution in [0.15, 0.2) is 53.1 Å². The number of fused-ring (bicyclic) bond motifs is 1. The van der Waals surface area contributed by atoms with Gasteiger partial charge in [0.1, 0.15) is 5.02 Å². The Morgan fingerprint density at radius 3 is 2.79 bits per heavy atom. The van der Waals surface area contributed by atoms with Gasteiger partial charge in [0.25, 0.3) is 0 Å². The number of hydrogen-bond acceptors (Lipinski definition) is 9. The van der Waals surface area contributed by atoms with E-state index in [-0.39, 0.29) is 6.09 Å². The van der Waals surface area contributed by atoms with Crippen LogP contribution in [0, 0.1) is 6.92 Å². The van der Waals surface area contributed by atoms with Gasteiger partial charge >= 0.3 is 6.09 Å². The van der Waals surface area contributed by atoms with Crippen molar-refractivity contribution in [2.45, 2.75) is 13.3 Å². The number of nitrogens with zero attached hydrogens (tertiary/aromatic N) is 5. The Hall–Kier alpha value is -4.18. The Kier molecular flexibility index (Phi) is 5.72. The highest BCUT2D eigenvalue weighted by atomic mass is 35.5. The summed E-state index contributed by atoms with van der Waals surface area (Å²) in [6, 6.07) is 13.2. The molecule has 0 unspecified atom stereocenters. The van der Waals surface area contributed by atoms with Gasteiger partial charge in [-0.3, -0.25) is 4.90 Å². The predicted octanol–water partition coefficient (Wildman–Crippen LogP) is 5.10. The van der Waals surface area contributed by atoms with E-state index in [1.165, 1.54) is 11.1 Å². The maximum atomic E-state index is 11.9. The smallest absolute Gasteiger partial charge is 0.414 e. The number of cyclic esters (lactones) is 1. The molecular weight excluding hydrogens is 458 g/mol. The van der Waals surface area contributed by atoms with Gasteiger partial charge in [-0.2, -0.15) is 4.98 Å². The van der Waals surface area contributed by atoms with E-state index in [1.807, 2.05) is 42.5 Å². The summed E-state index contributed by atoms with van der Waals surface area (Å²) in [5.74, 6) is 1.63. The second-order valence-corrected chi connectivity index (χ2v) is 7.99. The second kappa shape index (κ2) is 8.99. The van der Waals surface area contributed by atoms with Crippen LogP contribution in [0.3, 0.4) is 0 Å². The lowest BCUT2D eigenvalue weighted by Gasteiger charge is -2.17. The Balaban J connectivity index is 1.41. The summed E-state index contributed by atoms with van der Waals surface area (Å²) in [5.41, 5.74) is 3.99. The molecule has 0 fully saturated rings. The van der Waals surface area contributed by atoms with E-state index < -0.39 is 0 Å². The van der Waals surface area contributed by atoms with Crippen molar-refractivity contribution in [2.75, 3.05) is 29.2 Å². The molecule has 0 atom stereocenters. The number of aryl methyl sites for hydroxylation is 1. The van der Waals surface area contributed by atoms with Crippen LogP contribution in [0.1, 0.15) is 11.5 Å². The van der Waals surface area contributed by atoms with Crippen LogP contribution in [-0.2, 0) is 11.2 Å². The number of anilines is 5. The van der Waals surface area contributed by atoms with Crippen molar-refractivity contribution in [3.63, 3.8) is 0 Å². The van der Waals surface area contributed by atoms with Crippen LogP contribution < -0.4 is 15.5 Å². The number of amides is 1. The zero-order chi connectivity index (χ0) is 23.7. The van der Waals surface area contributed by atoms with E-state index in [9.17, 15) is 4.79 Å². The molecule has 172 valence electrons. The van der Waals surface area contributed by atoms with Crippen molar-refractivity contribution in [2.24, 2.45) is 0 Å². The van der Waals surface area contributed by atoms with Gasteiger partial charge in [0, 0.05) is 26.1 Å². The quantitative estimate of drug-likeness (QED) is 0.404. The minimum Gasteiger partial charge on any atom is -0.449 e. The molecule has 2 aromatic heterocycles. The molecule has 0 spiro atoms. The van der Waals surface area contributed by atoms with Crippen LogP contribution in [0.25, 0.3) is 11.5 Å². The Morgan fingerprint density at radius 2 is 1.97 bits per heavy atom. The standard InChI is InChI=1S/C23H20ClN7O3/c1-13-29-30-21(34-13)16-5-3-4-6-18(16)27-20-17(24)12-25-22(28-20)26-15-7-8-19-14(11-15)9-10-33-23(32)31(19)2/h3-8,11-12H,9-10H2,1-2H3,(H2,25,26,27,28). The number of benzene rings is 2. The maximum absolute atomic E-state index is 11.9. The summed E-state index contributed by atoms with van der Waals surface area (Å²) in [5, 5.41) is 14.8. The molecule has 3 heterocycles. The fourth-order valence-electron chi connectivity index (χ4n) is 3.59. The van der Waals surface area contributed by atoms with Crippen LogP contribution in [0.2, 0.25) is 5.02 Å². The number of halogens is 1. The second-order valence-electron chi connectivity index (χ2n) is 7.58. The van der Waals surface area contributed by atoms with Crippen LogP contribution >= 0.6 is 11.6 Å². The van der Waals surface area contributed by atoms with E-state index in [4.69, 9.17) is 20.8 Å². The maximum Gasteiger partial charge on any atom is 0.414 e. The predicted molar refractivity (Wildman–Crippen MR) is 128 cm³/mol. The lowest BCUT2D eigenvalue weighted by atomic mass is 10.1. The first-order valence-electron chi connectivity index (χ1n) is 10.5. The Bertz CT molecular complexity index is 1370. The van der Waals surface area contributed by atoms with Gasteiger partial charge in [0.05, 0.1) is 29.7 Å². The summed E-state index contributed by atoms with van der Waals surface area (Å²) in [7, 11) is 1.69. The average Bonchev–Trinajstić information content (AvgIpc) is 3.21. The number of carbonyl (C=O) groups excluding carboxylic acids is 1. The van der Waals surface area contributed by atoms with Gasteiger partial charge in [0.15, 0.2) is 5.82 Å². The molecule has 34 heavy (non-hydrogen) atoms. The molecule has 0 saturated carbocycles. The highest BCUT2D eigenvalue weighted by Gasteiger charge is 2.20. The normalized spacial score (nSPS) is 13.1. The minimum absolute atomic E-state index is 0.324. The van der Waals surface area contributed by atoms with Gasteiger partial charge in [-0.1, -0.05) is 23.7 Å². The Morgan fingerprint density at radius 1 is 1.12 bits per heavy atom. The van der Waals surface area contributed by atoms with Crippen LogP contribution in [-0.4, -0.2) is 39.9 Å². The first-order chi connectivity index (χ1) is 16.5. The largest absolute Gasteiger partial charge is 0.449 e. The minimum atomic E-state index is -0.368. The summed E-state index contributed by atoms with van der Waals surface area (Å²) < 4.78 is 10.8. The Labute approximate surface area is 200 Å². The van der Waals surface area contributed by atoms with E-state index in [0.29, 0.717) is 47.3 Å². The van der Waals surface area contributed by atoms with Crippen LogP contribution in [0.5, 0.6) is 0 Å². The van der Waals surface area contributed by atoms with Crippen molar-refractivity contribution in [3.8, 4) is 11.5 Å². The summed E-state index contributed by atoms with van der Waals surface area (Å²) in [4.78, 5) is 22.3. The molecule has 1 aliphatic heterocycles. The van der Waals surface area contributed by atoms with E-state index >= 15 is 0 Å². The summed E-state index contributed by atoms with van der Waals surface area (Å²) in [6.45, 7) is 2.06. The van der Waals surface area contributed by atoms with E-state index in [0.717, 1.165) is 22.5 Å². The number of para-hydroxylation sites is 1. The highest BCUT2D eigenvalue weighted by molar-refractivity contribution is 6.33. The molecular formula is C23H20ClN7O3. The van der Waals surface area contributed by atoms with E-state index in [1.54, 1.807) is 14.0 Å². The average molecular weight is 478 g/mol. The lowest BCUT2D eigenvalue weighted by molar-refractivity contribution is 0.159. The van der Waals surface area contributed by atoms with Crippen molar-refractivity contribution < 1.29 is 13.9 Å². The first-order valence-corrected chi connectivity index (χ1v) is 10.9. The molecule has 4 aromatic rings. The third-order valence-electron chi connectivity index (χ3n) is 5.25. The molecule has 2 N–H and O–H groups in total. The molecule has 1 aliphatic rings. The third-order valence-corrected chi connectivity index (χ3v) is 5.53. The zero-order valence-electron chi connectivity index (χ0n) is 18.4. The highest BCUT2D eigenvalue weighted by Crippen LogP contribution is 2.32. The van der Waals surface area contributed by atoms with Crippen molar-refractivity contribution in [1.82, 2.24) is 20.2 Å². The molecule has 2 aromatic carbocycles. The molecule has 0 radical (unpaired) electrons. The lowest BCUT2D eigenvalue weighted by Crippen LogP contribution is -2.25. The number of rotatable bonds is 5. The van der Waals surface area contributed by atoms with Crippen molar-refractivity contribution >= 4 is 46.5 Å². The van der Waals surface area contributed by atoms with E-state index in [2.05, 4.69) is 30.8 Å². The molecule has 1 amide bonds. The van der Waals surface area contributed by atoms with Gasteiger partial charge < -0.3 is 19.8 Å². The van der Waals surface area contributed by atoms with Gasteiger partial charge in [0.2, 0.25) is 17.7 Å². The molecule has 0 bridgehead atoms. The summed E-state index contributed by atoms with van der Waals surface area (Å²) >= 11 is 6.38. The first kappa shape index (κ1) is 21.7. The third kappa shape index (κ3) is 4.35. The molecule has 5 rings (SSSR count). The molecule has 0 saturated heterocycles. The monoisotopic (exact) mass is 477 g/mol. The fraction of sp³-hybridized carbons (Fsp3) is 0.174. The van der Waals surface area contributed by atoms with Gasteiger partial charge in [-0.15, -0.1) is 10.2 Å². The fourth-order valence-corrected chi connectivity index (χ4v) is 3.73. The molecule has 11 heteroatoms. The number of aromatic nitrogens is 4. The van der Waals surface area contributed by atoms with Gasteiger partial charge in [-0.25, -0.2) is 9.78 Å². The number of ether oxygens (including phenoxy) is 1. The number of carbonyl (C=O) groups is 1. The van der Waals surface area contributed by atoms with Gasteiger partial charge in [-0.05, 0) is 35.9 Å². The SMILES string of the molecule is Cc1nnc(-c2ccccc2Nc2nc(Nc3ccc4c(c3)CCOC(=O)N4C)ncc2Cl)o1. The molecule has 0 aliphatic carbocycles. The summed E-state index contributed by atoms with van der Waals surface area (Å²) in [6.07, 6.45) is 1.76.